The molecule has 0 saturated heterocycles. The topological polar surface area (TPSA) is 48.9 Å². The Kier molecular flexibility index (Phi) is 1.76. The summed E-state index contributed by atoms with van der Waals surface area (Å²) in [4.78, 5) is 0. The van der Waals surface area contributed by atoms with Crippen molar-refractivity contribution in [2.24, 2.45) is 0 Å². The van der Waals surface area contributed by atoms with Gasteiger partial charge in [-0.3, -0.25) is 5.10 Å². The molecule has 0 saturated carbocycles. The molecule has 0 amide bonds. The van der Waals surface area contributed by atoms with E-state index in [1.807, 2.05) is 13.8 Å². The summed E-state index contributed by atoms with van der Waals surface area (Å²) in [6, 6.07) is 0. The van der Waals surface area contributed by atoms with Crippen LogP contribution in [0.2, 0.25) is 0 Å². The molecule has 1 heterocycles. The molecule has 0 aliphatic carbocycles. The maximum atomic E-state index is 9.21. The number of nitrogens with zero attached hydrogens (tertiary/aromatic N) is 1. The van der Waals surface area contributed by atoms with E-state index in [9.17, 15) is 5.11 Å². The number of aliphatic hydroxyl groups excluding tert-OH is 1. The molecule has 1 rings (SSSR count). The normalized spacial score (nSPS) is 13.6. The Labute approximate surface area is 60.1 Å². The van der Waals surface area contributed by atoms with E-state index in [0.717, 1.165) is 17.0 Å². The van der Waals surface area contributed by atoms with Crippen molar-refractivity contribution in [3.05, 3.63) is 17.0 Å². The van der Waals surface area contributed by atoms with Crippen molar-refractivity contribution in [2.45, 2.75) is 26.9 Å². The fourth-order valence-corrected chi connectivity index (χ4v) is 1.18. The van der Waals surface area contributed by atoms with Crippen molar-refractivity contribution in [1.29, 1.82) is 0 Å². The van der Waals surface area contributed by atoms with Gasteiger partial charge in [0.05, 0.1) is 11.8 Å². The highest BCUT2D eigenvalue weighted by Gasteiger charge is 2.10. The fraction of sp³-hybridized carbons (Fsp3) is 0.571. The number of nitrogens with one attached hydrogen (secondary N) is 1. The molecule has 0 spiro atoms. The minimum absolute atomic E-state index is 0.418. The van der Waals surface area contributed by atoms with Crippen LogP contribution in [0.25, 0.3) is 0 Å². The van der Waals surface area contributed by atoms with Crippen LogP contribution in [0.15, 0.2) is 0 Å². The monoisotopic (exact) mass is 140 g/mol. The van der Waals surface area contributed by atoms with Crippen LogP contribution < -0.4 is 0 Å². The number of aromatic nitrogens is 2. The molecule has 10 heavy (non-hydrogen) atoms. The van der Waals surface area contributed by atoms with Gasteiger partial charge in [0.15, 0.2) is 0 Å². The molecule has 1 atom stereocenters. The first-order valence-corrected chi connectivity index (χ1v) is 3.32. The maximum Gasteiger partial charge on any atom is 0.0797 e. The van der Waals surface area contributed by atoms with Gasteiger partial charge in [0.1, 0.15) is 0 Å². The molecular formula is C7H12N2O. The molecular weight excluding hydrogens is 128 g/mol. The van der Waals surface area contributed by atoms with E-state index in [-0.39, 0.29) is 0 Å². The predicted octanol–water partition coefficient (Wildman–Crippen LogP) is 1.08. The zero-order valence-corrected chi connectivity index (χ0v) is 6.47. The second-order valence-corrected chi connectivity index (χ2v) is 2.52. The van der Waals surface area contributed by atoms with E-state index < -0.39 is 6.10 Å². The van der Waals surface area contributed by atoms with Crippen LogP contribution in [0, 0.1) is 13.8 Å². The van der Waals surface area contributed by atoms with E-state index in [0.29, 0.717) is 0 Å². The summed E-state index contributed by atoms with van der Waals surface area (Å²) in [7, 11) is 0. The number of H-pyrrole nitrogens is 1. The molecule has 0 aromatic carbocycles. The van der Waals surface area contributed by atoms with Gasteiger partial charge in [-0.15, -0.1) is 0 Å². The van der Waals surface area contributed by atoms with Gasteiger partial charge in [-0.25, -0.2) is 0 Å². The van der Waals surface area contributed by atoms with E-state index in [1.54, 1.807) is 6.92 Å². The Morgan fingerprint density at radius 2 is 2.10 bits per heavy atom. The standard InChI is InChI=1S/C7H12N2O/c1-4-7(6(3)10)5(2)9-8-4/h6,10H,1-3H3,(H,8,9). The zero-order chi connectivity index (χ0) is 7.72. The van der Waals surface area contributed by atoms with Crippen LogP contribution in [-0.4, -0.2) is 15.3 Å². The molecule has 0 fully saturated rings. The number of hydrogen-bond donors (Lipinski definition) is 2. The highest BCUT2D eigenvalue weighted by molar-refractivity contribution is 5.24. The largest absolute Gasteiger partial charge is 0.389 e. The summed E-state index contributed by atoms with van der Waals surface area (Å²) in [5.74, 6) is 0. The van der Waals surface area contributed by atoms with Gasteiger partial charge in [-0.05, 0) is 20.8 Å². The van der Waals surface area contributed by atoms with Crippen LogP contribution in [0.4, 0.5) is 0 Å². The van der Waals surface area contributed by atoms with Crippen LogP contribution >= 0.6 is 0 Å². The second-order valence-electron chi connectivity index (χ2n) is 2.52. The third-order valence-electron chi connectivity index (χ3n) is 1.60. The second kappa shape index (κ2) is 2.42. The van der Waals surface area contributed by atoms with E-state index >= 15 is 0 Å². The minimum atomic E-state index is -0.418. The van der Waals surface area contributed by atoms with E-state index in [1.165, 1.54) is 0 Å². The van der Waals surface area contributed by atoms with Gasteiger partial charge in [0, 0.05) is 11.3 Å². The average Bonchev–Trinajstić information content (AvgIpc) is 2.11. The molecule has 1 aromatic rings. The van der Waals surface area contributed by atoms with Crippen LogP contribution in [0.5, 0.6) is 0 Å². The van der Waals surface area contributed by atoms with Crippen molar-refractivity contribution < 1.29 is 5.11 Å². The SMILES string of the molecule is Cc1n[nH]c(C)c1C(C)O. The zero-order valence-electron chi connectivity index (χ0n) is 6.47. The molecule has 0 aliphatic rings. The third kappa shape index (κ3) is 1.04. The first-order valence-electron chi connectivity index (χ1n) is 3.32. The lowest BCUT2D eigenvalue weighted by molar-refractivity contribution is 0.198. The lowest BCUT2D eigenvalue weighted by atomic mass is 10.1. The lowest BCUT2D eigenvalue weighted by Gasteiger charge is -2.02. The third-order valence-corrected chi connectivity index (χ3v) is 1.60. The Bertz CT molecular complexity index is 208. The summed E-state index contributed by atoms with van der Waals surface area (Å²) < 4.78 is 0. The molecule has 3 heteroatoms. The number of aryl methyl sites for hydroxylation is 2. The van der Waals surface area contributed by atoms with Gasteiger partial charge >= 0.3 is 0 Å². The molecule has 0 aliphatic heterocycles. The van der Waals surface area contributed by atoms with Gasteiger partial charge < -0.3 is 5.11 Å². The highest BCUT2D eigenvalue weighted by atomic mass is 16.3. The molecule has 0 bridgehead atoms. The average molecular weight is 140 g/mol. The molecule has 1 unspecified atom stereocenters. The first-order chi connectivity index (χ1) is 4.63. The van der Waals surface area contributed by atoms with Gasteiger partial charge in [0.2, 0.25) is 0 Å². The van der Waals surface area contributed by atoms with Crippen molar-refractivity contribution >= 4 is 0 Å². The van der Waals surface area contributed by atoms with Crippen molar-refractivity contribution in [1.82, 2.24) is 10.2 Å². The van der Waals surface area contributed by atoms with Crippen LogP contribution in [0.3, 0.4) is 0 Å². The Morgan fingerprint density at radius 1 is 1.50 bits per heavy atom. The molecule has 2 N–H and O–H groups in total. The Morgan fingerprint density at radius 3 is 2.30 bits per heavy atom. The first kappa shape index (κ1) is 7.28. The van der Waals surface area contributed by atoms with Crippen molar-refractivity contribution in [3.63, 3.8) is 0 Å². The van der Waals surface area contributed by atoms with Gasteiger partial charge in [-0.1, -0.05) is 0 Å². The van der Waals surface area contributed by atoms with Crippen LogP contribution in [-0.2, 0) is 0 Å². The maximum absolute atomic E-state index is 9.21. The van der Waals surface area contributed by atoms with Crippen molar-refractivity contribution in [3.8, 4) is 0 Å². The highest BCUT2D eigenvalue weighted by Crippen LogP contribution is 2.17. The number of hydrogen-bond acceptors (Lipinski definition) is 2. The molecule has 56 valence electrons. The molecule has 0 radical (unpaired) electrons. The summed E-state index contributed by atoms with van der Waals surface area (Å²) >= 11 is 0. The predicted molar refractivity (Wildman–Crippen MR) is 38.7 cm³/mol. The lowest BCUT2D eigenvalue weighted by Crippen LogP contribution is -1.93. The smallest absolute Gasteiger partial charge is 0.0797 e. The summed E-state index contributed by atoms with van der Waals surface area (Å²) in [5.41, 5.74) is 2.75. The van der Waals surface area contributed by atoms with Gasteiger partial charge in [-0.2, -0.15) is 5.10 Å². The fourth-order valence-electron chi connectivity index (χ4n) is 1.18. The number of aliphatic hydroxyl groups is 1. The van der Waals surface area contributed by atoms with E-state index in [2.05, 4.69) is 10.2 Å². The summed E-state index contributed by atoms with van der Waals surface area (Å²) in [5, 5.41) is 16.0. The summed E-state index contributed by atoms with van der Waals surface area (Å²) in [6.07, 6.45) is -0.418. The minimum Gasteiger partial charge on any atom is -0.389 e. The Hall–Kier alpha value is -0.830. The van der Waals surface area contributed by atoms with E-state index in [4.69, 9.17) is 0 Å². The van der Waals surface area contributed by atoms with Crippen LogP contribution in [0.1, 0.15) is 30.0 Å². The molecule has 3 nitrogen and oxygen atoms in total. The number of aromatic amines is 1. The molecule has 1 aromatic heterocycles. The summed E-state index contributed by atoms with van der Waals surface area (Å²) in [6.45, 7) is 5.53. The quantitative estimate of drug-likeness (QED) is 0.613. The van der Waals surface area contributed by atoms with Crippen molar-refractivity contribution in [2.75, 3.05) is 0 Å². The van der Waals surface area contributed by atoms with Gasteiger partial charge in [0.25, 0.3) is 0 Å². The number of rotatable bonds is 1. The Balaban J connectivity index is 3.10.